The summed E-state index contributed by atoms with van der Waals surface area (Å²) in [4.78, 5) is 11.1. The molecular weight excluding hydrogens is 267 g/mol. The van der Waals surface area contributed by atoms with Gasteiger partial charge in [0.2, 0.25) is 0 Å². The van der Waals surface area contributed by atoms with Gasteiger partial charge in [-0.3, -0.25) is 4.79 Å². The molecule has 1 rings (SSSR count). The molecule has 0 radical (unpaired) electrons. The zero-order valence-electron chi connectivity index (χ0n) is 7.60. The van der Waals surface area contributed by atoms with Gasteiger partial charge in [-0.05, 0) is 18.8 Å². The van der Waals surface area contributed by atoms with Gasteiger partial charge in [0, 0.05) is 10.8 Å². The van der Waals surface area contributed by atoms with Crippen molar-refractivity contribution in [1.29, 1.82) is 0 Å². The Morgan fingerprint density at radius 3 is 2.67 bits per heavy atom. The number of carbonyl (C=O) groups is 1. The summed E-state index contributed by atoms with van der Waals surface area (Å²) in [5.41, 5.74) is -0.171. The predicted octanol–water partition coefficient (Wildman–Crippen LogP) is 2.54. The van der Waals surface area contributed by atoms with Crippen LogP contribution in [0.1, 0.15) is 33.1 Å². The topological polar surface area (TPSA) is 26.3 Å². The van der Waals surface area contributed by atoms with Crippen molar-refractivity contribution in [2.75, 3.05) is 4.43 Å². The maximum Gasteiger partial charge on any atom is 0.306 e. The van der Waals surface area contributed by atoms with Crippen LogP contribution < -0.4 is 0 Å². The van der Waals surface area contributed by atoms with E-state index in [1.807, 2.05) is 0 Å². The summed E-state index contributed by atoms with van der Waals surface area (Å²) >= 11 is 2.31. The lowest BCUT2D eigenvalue weighted by molar-refractivity contribution is -0.169. The zero-order valence-corrected chi connectivity index (χ0v) is 9.76. The molecule has 0 aliphatic carbocycles. The van der Waals surface area contributed by atoms with Crippen molar-refractivity contribution in [2.24, 2.45) is 5.92 Å². The minimum Gasteiger partial charge on any atom is -0.458 e. The number of carbonyl (C=O) groups excluding carboxylic acids is 1. The van der Waals surface area contributed by atoms with E-state index in [4.69, 9.17) is 4.74 Å². The molecule has 0 bridgehead atoms. The summed E-state index contributed by atoms with van der Waals surface area (Å²) in [6.07, 6.45) is 2.62. The summed E-state index contributed by atoms with van der Waals surface area (Å²) in [6, 6.07) is 0. The largest absolute Gasteiger partial charge is 0.458 e. The Morgan fingerprint density at radius 1 is 1.67 bits per heavy atom. The van der Waals surface area contributed by atoms with Crippen LogP contribution in [0.4, 0.5) is 0 Å². The standard InChI is InChI=1S/C9H15IO2/c1-7(2)9(6-10)5-3-4-8(11)12-9/h7H,3-6H2,1-2H3/t9-/m0/s1. The fraction of sp³-hybridized carbons (Fsp3) is 0.889. The SMILES string of the molecule is CC(C)[C@@]1(CI)CCCC(=O)O1. The van der Waals surface area contributed by atoms with E-state index < -0.39 is 0 Å². The first-order chi connectivity index (χ1) is 5.60. The Kier molecular flexibility index (Phi) is 3.37. The van der Waals surface area contributed by atoms with Crippen molar-refractivity contribution in [3.8, 4) is 0 Å². The molecule has 3 heteroatoms. The van der Waals surface area contributed by atoms with Crippen molar-refractivity contribution in [3.05, 3.63) is 0 Å². The molecule has 0 amide bonds. The van der Waals surface area contributed by atoms with Crippen molar-refractivity contribution in [1.82, 2.24) is 0 Å². The molecule has 0 aromatic heterocycles. The maximum atomic E-state index is 11.1. The number of esters is 1. The van der Waals surface area contributed by atoms with Crippen LogP contribution >= 0.6 is 22.6 Å². The van der Waals surface area contributed by atoms with Crippen molar-refractivity contribution in [3.63, 3.8) is 0 Å². The fourth-order valence-electron chi connectivity index (χ4n) is 1.52. The lowest BCUT2D eigenvalue weighted by atomic mass is 9.85. The van der Waals surface area contributed by atoms with E-state index in [-0.39, 0.29) is 11.6 Å². The van der Waals surface area contributed by atoms with Gasteiger partial charge in [-0.25, -0.2) is 0 Å². The Bertz CT molecular complexity index is 179. The molecule has 70 valence electrons. The number of cyclic esters (lactones) is 1. The van der Waals surface area contributed by atoms with Crippen LogP contribution in [0.25, 0.3) is 0 Å². The average molecular weight is 282 g/mol. The monoisotopic (exact) mass is 282 g/mol. The van der Waals surface area contributed by atoms with E-state index in [1.54, 1.807) is 0 Å². The predicted molar refractivity (Wildman–Crippen MR) is 56.4 cm³/mol. The van der Waals surface area contributed by atoms with E-state index in [9.17, 15) is 4.79 Å². The Balaban J connectivity index is 2.71. The van der Waals surface area contributed by atoms with E-state index in [0.29, 0.717) is 12.3 Å². The van der Waals surface area contributed by atoms with Gasteiger partial charge in [-0.1, -0.05) is 36.4 Å². The van der Waals surface area contributed by atoms with E-state index in [2.05, 4.69) is 36.4 Å². The third kappa shape index (κ3) is 1.92. The minimum atomic E-state index is -0.171. The molecule has 0 N–H and O–H groups in total. The van der Waals surface area contributed by atoms with Gasteiger partial charge in [-0.15, -0.1) is 0 Å². The van der Waals surface area contributed by atoms with E-state index in [0.717, 1.165) is 17.3 Å². The number of rotatable bonds is 2. The lowest BCUT2D eigenvalue weighted by Gasteiger charge is -2.38. The van der Waals surface area contributed by atoms with Crippen LogP contribution in [0.15, 0.2) is 0 Å². The number of hydrogen-bond acceptors (Lipinski definition) is 2. The highest BCUT2D eigenvalue weighted by molar-refractivity contribution is 14.1. The van der Waals surface area contributed by atoms with Crippen LogP contribution in [0.3, 0.4) is 0 Å². The van der Waals surface area contributed by atoms with Crippen LogP contribution in [-0.4, -0.2) is 16.0 Å². The molecule has 1 saturated heterocycles. The molecule has 1 aliphatic rings. The first kappa shape index (κ1) is 10.3. The molecule has 0 unspecified atom stereocenters. The van der Waals surface area contributed by atoms with Crippen molar-refractivity contribution in [2.45, 2.75) is 38.7 Å². The second kappa shape index (κ2) is 3.94. The van der Waals surface area contributed by atoms with Crippen LogP contribution in [0.2, 0.25) is 0 Å². The summed E-state index contributed by atoms with van der Waals surface area (Å²) in [7, 11) is 0. The summed E-state index contributed by atoms with van der Waals surface area (Å²) in [6.45, 7) is 4.24. The van der Waals surface area contributed by atoms with Gasteiger partial charge in [0.15, 0.2) is 0 Å². The zero-order chi connectivity index (χ0) is 9.19. The Hall–Kier alpha value is 0.200. The van der Waals surface area contributed by atoms with Gasteiger partial charge in [0.05, 0.1) is 0 Å². The van der Waals surface area contributed by atoms with Gasteiger partial charge in [-0.2, -0.15) is 0 Å². The molecule has 1 atom stereocenters. The van der Waals surface area contributed by atoms with Gasteiger partial charge >= 0.3 is 5.97 Å². The molecular formula is C9H15IO2. The second-order valence-electron chi connectivity index (χ2n) is 3.68. The quantitative estimate of drug-likeness (QED) is 0.442. The average Bonchev–Trinajstić information content (AvgIpc) is 2.04. The molecule has 0 aromatic rings. The van der Waals surface area contributed by atoms with Crippen LogP contribution in [0.5, 0.6) is 0 Å². The van der Waals surface area contributed by atoms with Gasteiger partial charge < -0.3 is 4.74 Å². The molecule has 0 aromatic carbocycles. The first-order valence-electron chi connectivity index (χ1n) is 4.38. The van der Waals surface area contributed by atoms with Crippen LogP contribution in [-0.2, 0) is 9.53 Å². The van der Waals surface area contributed by atoms with E-state index >= 15 is 0 Å². The van der Waals surface area contributed by atoms with E-state index in [1.165, 1.54) is 0 Å². The van der Waals surface area contributed by atoms with Gasteiger partial charge in [0.25, 0.3) is 0 Å². The molecule has 2 nitrogen and oxygen atoms in total. The normalized spacial score (nSPS) is 30.5. The Labute approximate surface area is 87.2 Å². The maximum absolute atomic E-state index is 11.1. The fourth-order valence-corrected chi connectivity index (χ4v) is 2.93. The molecule has 1 heterocycles. The Morgan fingerprint density at radius 2 is 2.33 bits per heavy atom. The van der Waals surface area contributed by atoms with Crippen molar-refractivity contribution >= 4 is 28.6 Å². The summed E-state index contributed by atoms with van der Waals surface area (Å²) in [5.74, 6) is 0.408. The highest BCUT2D eigenvalue weighted by Crippen LogP contribution is 2.34. The molecule has 12 heavy (non-hydrogen) atoms. The molecule has 1 aliphatic heterocycles. The molecule has 1 fully saturated rings. The highest BCUT2D eigenvalue weighted by Gasteiger charge is 2.39. The van der Waals surface area contributed by atoms with Gasteiger partial charge in [0.1, 0.15) is 5.60 Å². The van der Waals surface area contributed by atoms with Crippen LogP contribution in [0, 0.1) is 5.92 Å². The molecule has 0 spiro atoms. The van der Waals surface area contributed by atoms with Crippen molar-refractivity contribution < 1.29 is 9.53 Å². The first-order valence-corrected chi connectivity index (χ1v) is 5.91. The highest BCUT2D eigenvalue weighted by atomic mass is 127. The second-order valence-corrected chi connectivity index (χ2v) is 4.44. The lowest BCUT2D eigenvalue weighted by Crippen LogP contribution is -2.44. The molecule has 0 saturated carbocycles. The number of halogens is 1. The number of hydrogen-bond donors (Lipinski definition) is 0. The summed E-state index contributed by atoms with van der Waals surface area (Å²) in [5, 5.41) is 0. The summed E-state index contributed by atoms with van der Waals surface area (Å²) < 4.78 is 6.35. The minimum absolute atomic E-state index is 0.0217. The smallest absolute Gasteiger partial charge is 0.306 e. The number of alkyl halides is 1. The third-order valence-corrected chi connectivity index (χ3v) is 3.87. The number of ether oxygens (including phenoxy) is 1. The third-order valence-electron chi connectivity index (χ3n) is 2.58.